The van der Waals surface area contributed by atoms with Crippen molar-refractivity contribution in [3.63, 3.8) is 0 Å². The molecule has 9 nitrogen and oxygen atoms in total. The van der Waals surface area contributed by atoms with Gasteiger partial charge in [0.15, 0.2) is 11.6 Å². The van der Waals surface area contributed by atoms with E-state index in [0.29, 0.717) is 22.7 Å². The molecular weight excluding hydrogens is 518 g/mol. The summed E-state index contributed by atoms with van der Waals surface area (Å²) in [5.41, 5.74) is 0.758. The van der Waals surface area contributed by atoms with Crippen molar-refractivity contribution in [1.82, 2.24) is 10.3 Å². The number of benzene rings is 2. The summed E-state index contributed by atoms with van der Waals surface area (Å²) in [4.78, 5) is 20.3. The quantitative estimate of drug-likeness (QED) is 0.301. The number of pyridine rings is 1. The standard InChI is InChI=1S/C26H25ClF2N6O3/c1-2-34-25-20(8-16(27)12-33-25)19-4-3-15(11-30)7-23(19)35(26(34)38)24-21(28)9-17(10-22(24)29)32-6-5-31-13-18(37)14-36/h3-4,7-10,12,18,31-32,36-37H,2,5-6,13-14H2,1H3/t18-/m1/s1. The van der Waals surface area contributed by atoms with Crippen molar-refractivity contribution in [2.75, 3.05) is 47.9 Å². The van der Waals surface area contributed by atoms with E-state index in [1.807, 2.05) is 6.07 Å². The minimum absolute atomic E-state index is 0.112. The number of aliphatic hydroxyl groups is 2. The van der Waals surface area contributed by atoms with E-state index in [0.717, 1.165) is 17.0 Å². The maximum absolute atomic E-state index is 15.6. The fraction of sp³-hybridized carbons (Fsp3) is 0.269. The molecule has 12 heteroatoms. The predicted octanol–water partition coefficient (Wildman–Crippen LogP) is 4.00. The molecule has 38 heavy (non-hydrogen) atoms. The molecule has 1 aromatic heterocycles. The number of rotatable bonds is 9. The van der Waals surface area contributed by atoms with Crippen molar-refractivity contribution in [3.8, 4) is 17.2 Å². The number of nitrogens with zero attached hydrogens (tertiary/aromatic N) is 4. The van der Waals surface area contributed by atoms with Crippen LogP contribution in [0.3, 0.4) is 0 Å². The Labute approximate surface area is 222 Å². The first-order valence-corrected chi connectivity index (χ1v) is 12.2. The molecule has 0 saturated carbocycles. The van der Waals surface area contributed by atoms with Crippen molar-refractivity contribution in [2.24, 2.45) is 0 Å². The molecule has 1 atom stereocenters. The minimum atomic E-state index is -0.995. The lowest BCUT2D eigenvalue weighted by Gasteiger charge is -2.28. The molecule has 4 rings (SSSR count). The number of carbonyl (C=O) groups excluding carboxylic acids is 1. The van der Waals surface area contributed by atoms with Crippen LogP contribution in [0.4, 0.5) is 36.5 Å². The van der Waals surface area contributed by atoms with Crippen LogP contribution in [0.2, 0.25) is 5.02 Å². The molecular formula is C26H25ClF2N6O3. The van der Waals surface area contributed by atoms with Gasteiger partial charge in [-0.25, -0.2) is 18.6 Å². The van der Waals surface area contributed by atoms with E-state index in [1.165, 1.54) is 17.2 Å². The first-order chi connectivity index (χ1) is 18.3. The molecule has 2 amide bonds. The maximum Gasteiger partial charge on any atom is 0.334 e. The highest BCUT2D eigenvalue weighted by Gasteiger charge is 2.36. The van der Waals surface area contributed by atoms with Crippen LogP contribution in [-0.2, 0) is 0 Å². The Balaban J connectivity index is 1.75. The van der Waals surface area contributed by atoms with E-state index >= 15 is 8.78 Å². The Hall–Kier alpha value is -3.82. The van der Waals surface area contributed by atoms with Gasteiger partial charge in [0.2, 0.25) is 0 Å². The zero-order valence-electron chi connectivity index (χ0n) is 20.4. The van der Waals surface area contributed by atoms with Crippen molar-refractivity contribution in [2.45, 2.75) is 13.0 Å². The summed E-state index contributed by atoms with van der Waals surface area (Å²) in [7, 11) is 0. The summed E-state index contributed by atoms with van der Waals surface area (Å²) in [6.07, 6.45) is 0.482. The van der Waals surface area contributed by atoms with E-state index in [4.69, 9.17) is 16.7 Å². The molecule has 0 radical (unpaired) electrons. The van der Waals surface area contributed by atoms with E-state index in [2.05, 4.69) is 15.6 Å². The number of hydrogen-bond acceptors (Lipinski definition) is 7. The van der Waals surface area contributed by atoms with E-state index in [9.17, 15) is 15.2 Å². The van der Waals surface area contributed by atoms with Crippen LogP contribution in [0.25, 0.3) is 11.1 Å². The topological polar surface area (TPSA) is 125 Å². The zero-order chi connectivity index (χ0) is 27.4. The third-order valence-electron chi connectivity index (χ3n) is 5.95. The molecule has 198 valence electrons. The highest BCUT2D eigenvalue weighted by atomic mass is 35.5. The maximum atomic E-state index is 15.6. The third-order valence-corrected chi connectivity index (χ3v) is 6.15. The van der Waals surface area contributed by atoms with E-state index in [1.54, 1.807) is 25.1 Å². The predicted molar refractivity (Wildman–Crippen MR) is 141 cm³/mol. The molecule has 3 aromatic rings. The van der Waals surface area contributed by atoms with Crippen molar-refractivity contribution < 1.29 is 23.8 Å². The highest BCUT2D eigenvalue weighted by Crippen LogP contribution is 2.45. The smallest absolute Gasteiger partial charge is 0.334 e. The fourth-order valence-corrected chi connectivity index (χ4v) is 4.34. The zero-order valence-corrected chi connectivity index (χ0v) is 21.1. The number of hydrogen-bond donors (Lipinski definition) is 4. The SMILES string of the molecule is CCN1C(=O)N(c2c(F)cc(NCCNC[C@@H](O)CO)cc2F)c2cc(C#N)ccc2-c2cc(Cl)cnc21. The molecule has 0 aliphatic carbocycles. The van der Waals surface area contributed by atoms with Gasteiger partial charge in [-0.3, -0.25) is 9.80 Å². The number of urea groups is 1. The normalized spacial score (nSPS) is 13.4. The minimum Gasteiger partial charge on any atom is -0.394 e. The molecule has 0 spiro atoms. The number of anilines is 4. The monoisotopic (exact) mass is 542 g/mol. The first-order valence-electron chi connectivity index (χ1n) is 11.8. The number of nitriles is 1. The number of aromatic nitrogens is 1. The van der Waals surface area contributed by atoms with Crippen molar-refractivity contribution in [1.29, 1.82) is 5.26 Å². The van der Waals surface area contributed by atoms with Crippen LogP contribution in [-0.4, -0.2) is 60.1 Å². The van der Waals surface area contributed by atoms with E-state index < -0.39 is 29.5 Å². The summed E-state index contributed by atoms with van der Waals surface area (Å²) in [6, 6.07) is 9.55. The first kappa shape index (κ1) is 27.2. The number of carbonyl (C=O) groups is 1. The molecule has 0 fully saturated rings. The van der Waals surface area contributed by atoms with Crippen LogP contribution >= 0.6 is 11.6 Å². The van der Waals surface area contributed by atoms with Gasteiger partial charge >= 0.3 is 6.03 Å². The van der Waals surface area contributed by atoms with Crippen LogP contribution in [0.1, 0.15) is 12.5 Å². The lowest BCUT2D eigenvalue weighted by atomic mass is 10.0. The second-order valence-corrected chi connectivity index (χ2v) is 8.92. The fourth-order valence-electron chi connectivity index (χ4n) is 4.18. The second kappa shape index (κ2) is 11.7. The van der Waals surface area contributed by atoms with Crippen LogP contribution < -0.4 is 20.4 Å². The van der Waals surface area contributed by atoms with Gasteiger partial charge in [-0.05, 0) is 37.3 Å². The summed E-state index contributed by atoms with van der Waals surface area (Å²) in [5, 5.41) is 33.8. The Morgan fingerprint density at radius 3 is 2.55 bits per heavy atom. The largest absolute Gasteiger partial charge is 0.394 e. The Morgan fingerprint density at radius 1 is 1.16 bits per heavy atom. The van der Waals surface area contributed by atoms with Gasteiger partial charge in [0.05, 0.1) is 35.1 Å². The summed E-state index contributed by atoms with van der Waals surface area (Å²) in [6.45, 7) is 2.28. The summed E-state index contributed by atoms with van der Waals surface area (Å²) < 4.78 is 31.1. The van der Waals surface area contributed by atoms with Gasteiger partial charge in [-0.15, -0.1) is 0 Å². The molecule has 4 N–H and O–H groups in total. The van der Waals surface area contributed by atoms with Crippen LogP contribution in [0.15, 0.2) is 42.6 Å². The van der Waals surface area contributed by atoms with Crippen LogP contribution in [0, 0.1) is 23.0 Å². The molecule has 0 bridgehead atoms. The molecule has 0 unspecified atom stereocenters. The van der Waals surface area contributed by atoms with Gasteiger partial charge in [0.25, 0.3) is 0 Å². The summed E-state index contributed by atoms with van der Waals surface area (Å²) >= 11 is 6.20. The highest BCUT2D eigenvalue weighted by molar-refractivity contribution is 6.31. The van der Waals surface area contributed by atoms with Crippen molar-refractivity contribution >= 4 is 40.5 Å². The van der Waals surface area contributed by atoms with Crippen LogP contribution in [0.5, 0.6) is 0 Å². The number of amides is 2. The molecule has 0 saturated heterocycles. The number of nitrogens with one attached hydrogen (secondary N) is 2. The Bertz CT molecular complexity index is 1380. The Kier molecular flexibility index (Phi) is 8.38. The average molecular weight is 543 g/mol. The molecule has 2 heterocycles. The number of halogens is 3. The third kappa shape index (κ3) is 5.39. The van der Waals surface area contributed by atoms with Gasteiger partial charge in [0.1, 0.15) is 11.5 Å². The number of aliphatic hydroxyl groups excluding tert-OH is 2. The van der Waals surface area contributed by atoms with Gasteiger partial charge in [0, 0.05) is 49.2 Å². The van der Waals surface area contributed by atoms with Gasteiger partial charge in [-0.2, -0.15) is 5.26 Å². The second-order valence-electron chi connectivity index (χ2n) is 8.49. The van der Waals surface area contributed by atoms with Crippen molar-refractivity contribution in [3.05, 3.63) is 64.8 Å². The lowest BCUT2D eigenvalue weighted by Crippen LogP contribution is -2.41. The average Bonchev–Trinajstić information content (AvgIpc) is 2.99. The Morgan fingerprint density at radius 2 is 1.89 bits per heavy atom. The molecule has 1 aliphatic heterocycles. The number of fused-ring (bicyclic) bond motifs is 3. The van der Waals surface area contributed by atoms with Gasteiger partial charge < -0.3 is 20.8 Å². The van der Waals surface area contributed by atoms with Gasteiger partial charge in [-0.1, -0.05) is 17.7 Å². The van der Waals surface area contributed by atoms with E-state index in [-0.39, 0.29) is 49.0 Å². The molecule has 1 aliphatic rings. The molecule has 2 aromatic carbocycles. The summed E-state index contributed by atoms with van der Waals surface area (Å²) in [5.74, 6) is -1.72. The lowest BCUT2D eigenvalue weighted by molar-refractivity contribution is 0.0949.